The summed E-state index contributed by atoms with van der Waals surface area (Å²) in [7, 11) is 0. The van der Waals surface area contributed by atoms with Crippen molar-refractivity contribution in [2.24, 2.45) is 0 Å². The summed E-state index contributed by atoms with van der Waals surface area (Å²) in [4.78, 5) is 28.6. The normalized spacial score (nSPS) is 15.0. The number of hydrogen-bond donors (Lipinski definition) is 0. The van der Waals surface area contributed by atoms with Gasteiger partial charge in [0.2, 0.25) is 5.76 Å². The minimum absolute atomic E-state index is 0.0309. The van der Waals surface area contributed by atoms with E-state index in [1.165, 1.54) is 12.1 Å². The van der Waals surface area contributed by atoms with Gasteiger partial charge in [0.05, 0.1) is 17.0 Å². The third-order valence-electron chi connectivity index (χ3n) is 5.71. The van der Waals surface area contributed by atoms with Crippen molar-refractivity contribution < 1.29 is 18.3 Å². The van der Waals surface area contributed by atoms with Crippen molar-refractivity contribution in [3.63, 3.8) is 0 Å². The molecule has 1 atom stereocenters. The van der Waals surface area contributed by atoms with E-state index in [4.69, 9.17) is 9.15 Å². The van der Waals surface area contributed by atoms with E-state index in [9.17, 15) is 14.0 Å². The second kappa shape index (κ2) is 8.06. The number of benzene rings is 3. The summed E-state index contributed by atoms with van der Waals surface area (Å²) in [6, 6.07) is 17.6. The van der Waals surface area contributed by atoms with Crippen LogP contribution in [0.2, 0.25) is 0 Å². The number of carbonyl (C=O) groups is 1. The number of carbonyl (C=O) groups excluding carboxylic acids is 1. The van der Waals surface area contributed by atoms with Crippen molar-refractivity contribution in [1.82, 2.24) is 0 Å². The summed E-state index contributed by atoms with van der Waals surface area (Å²) in [6.07, 6.45) is 1.65. The first kappa shape index (κ1) is 20.7. The Morgan fingerprint density at radius 2 is 1.79 bits per heavy atom. The van der Waals surface area contributed by atoms with E-state index in [1.807, 2.05) is 43.3 Å². The highest BCUT2D eigenvalue weighted by Gasteiger charge is 2.43. The van der Waals surface area contributed by atoms with Gasteiger partial charge in [0.15, 0.2) is 5.43 Å². The van der Waals surface area contributed by atoms with Crippen LogP contribution < -0.4 is 15.1 Å². The molecule has 3 aromatic carbocycles. The van der Waals surface area contributed by atoms with Crippen molar-refractivity contribution in [1.29, 1.82) is 0 Å². The Morgan fingerprint density at radius 3 is 2.48 bits per heavy atom. The summed E-state index contributed by atoms with van der Waals surface area (Å²) >= 11 is 0. The standard InChI is InChI=1S/C27H20FNO4/c1-3-14-32-20-11-6-17(7-12-20)24-23-25(30)21-15-18(28)8-13-22(21)33-26(23)27(31)29(24)19-9-4-16(2)5-10-19/h3-13,15,24H,1,14H2,2H3. The van der Waals surface area contributed by atoms with Gasteiger partial charge in [-0.15, -0.1) is 0 Å². The van der Waals surface area contributed by atoms with Crippen LogP contribution >= 0.6 is 0 Å². The fraction of sp³-hybridized carbons (Fsp3) is 0.111. The number of aryl methyl sites for hydroxylation is 1. The number of ether oxygens (including phenoxy) is 1. The topological polar surface area (TPSA) is 59.8 Å². The van der Waals surface area contributed by atoms with E-state index in [0.717, 1.165) is 11.6 Å². The molecule has 0 aliphatic carbocycles. The average molecular weight is 441 g/mol. The van der Waals surface area contributed by atoms with Crippen LogP contribution in [-0.2, 0) is 0 Å². The molecule has 5 nitrogen and oxygen atoms in total. The summed E-state index contributed by atoms with van der Waals surface area (Å²) in [5, 5.41) is 0.100. The molecule has 0 saturated carbocycles. The molecule has 1 amide bonds. The van der Waals surface area contributed by atoms with Gasteiger partial charge in [-0.25, -0.2) is 4.39 Å². The summed E-state index contributed by atoms with van der Waals surface area (Å²) in [5.74, 6) is -0.363. The van der Waals surface area contributed by atoms with Crippen molar-refractivity contribution in [2.45, 2.75) is 13.0 Å². The molecule has 0 N–H and O–H groups in total. The molecular formula is C27H20FNO4. The minimum Gasteiger partial charge on any atom is -0.490 e. The molecule has 6 heteroatoms. The molecule has 1 aliphatic rings. The largest absolute Gasteiger partial charge is 0.490 e. The van der Waals surface area contributed by atoms with Crippen LogP contribution in [0.25, 0.3) is 11.0 Å². The van der Waals surface area contributed by atoms with Gasteiger partial charge < -0.3 is 9.15 Å². The van der Waals surface area contributed by atoms with Gasteiger partial charge >= 0.3 is 0 Å². The van der Waals surface area contributed by atoms with Crippen molar-refractivity contribution in [2.75, 3.05) is 11.5 Å². The molecule has 4 aromatic rings. The number of halogens is 1. The lowest BCUT2D eigenvalue weighted by molar-refractivity contribution is 0.0971. The molecule has 0 radical (unpaired) electrons. The van der Waals surface area contributed by atoms with Gasteiger partial charge in [-0.1, -0.05) is 42.5 Å². The zero-order valence-electron chi connectivity index (χ0n) is 17.9. The predicted octanol–water partition coefficient (Wildman–Crippen LogP) is 5.56. The number of amides is 1. The Kier molecular flexibility index (Phi) is 5.05. The molecule has 33 heavy (non-hydrogen) atoms. The lowest BCUT2D eigenvalue weighted by atomic mass is 9.98. The quantitative estimate of drug-likeness (QED) is 0.381. The van der Waals surface area contributed by atoms with Crippen LogP contribution in [0, 0.1) is 12.7 Å². The number of hydrogen-bond acceptors (Lipinski definition) is 4. The Morgan fingerprint density at radius 1 is 1.06 bits per heavy atom. The van der Waals surface area contributed by atoms with Gasteiger partial charge in [-0.2, -0.15) is 0 Å². The third kappa shape index (κ3) is 3.49. The van der Waals surface area contributed by atoms with Crippen LogP contribution in [0.1, 0.15) is 33.3 Å². The number of nitrogens with zero attached hydrogens (tertiary/aromatic N) is 1. The average Bonchev–Trinajstić information content (AvgIpc) is 3.11. The molecule has 0 fully saturated rings. The first-order valence-corrected chi connectivity index (χ1v) is 10.5. The molecule has 2 heterocycles. The first-order chi connectivity index (χ1) is 16.0. The Balaban J connectivity index is 1.72. The van der Waals surface area contributed by atoms with Crippen LogP contribution in [0.3, 0.4) is 0 Å². The fourth-order valence-electron chi connectivity index (χ4n) is 4.13. The number of anilines is 1. The predicted molar refractivity (Wildman–Crippen MR) is 124 cm³/mol. The lowest BCUT2D eigenvalue weighted by Crippen LogP contribution is -2.29. The molecule has 1 aromatic heterocycles. The maximum absolute atomic E-state index is 13.9. The van der Waals surface area contributed by atoms with E-state index in [-0.39, 0.29) is 22.3 Å². The monoisotopic (exact) mass is 441 g/mol. The van der Waals surface area contributed by atoms with E-state index in [0.29, 0.717) is 23.6 Å². The molecule has 0 bridgehead atoms. The first-order valence-electron chi connectivity index (χ1n) is 10.5. The zero-order chi connectivity index (χ0) is 23.1. The van der Waals surface area contributed by atoms with E-state index in [2.05, 4.69) is 6.58 Å². The van der Waals surface area contributed by atoms with Crippen LogP contribution in [0.4, 0.5) is 10.1 Å². The van der Waals surface area contributed by atoms with Gasteiger partial charge in [0.1, 0.15) is 23.8 Å². The Labute approximate surface area is 189 Å². The van der Waals surface area contributed by atoms with Crippen LogP contribution in [0.5, 0.6) is 5.75 Å². The summed E-state index contributed by atoms with van der Waals surface area (Å²) < 4.78 is 25.3. The second-order valence-corrected chi connectivity index (χ2v) is 7.90. The highest BCUT2D eigenvalue weighted by atomic mass is 19.1. The molecule has 1 unspecified atom stereocenters. The summed E-state index contributed by atoms with van der Waals surface area (Å²) in [6.45, 7) is 5.96. The number of fused-ring (bicyclic) bond motifs is 2. The van der Waals surface area contributed by atoms with Crippen molar-refractivity contribution in [3.05, 3.63) is 118 Å². The van der Waals surface area contributed by atoms with E-state index in [1.54, 1.807) is 23.1 Å². The highest BCUT2D eigenvalue weighted by Crippen LogP contribution is 2.41. The zero-order valence-corrected chi connectivity index (χ0v) is 17.9. The molecule has 0 spiro atoms. The molecule has 164 valence electrons. The third-order valence-corrected chi connectivity index (χ3v) is 5.71. The van der Waals surface area contributed by atoms with Gasteiger partial charge in [0, 0.05) is 5.69 Å². The maximum Gasteiger partial charge on any atom is 0.295 e. The van der Waals surface area contributed by atoms with Crippen LogP contribution in [0.15, 0.2) is 88.6 Å². The van der Waals surface area contributed by atoms with Crippen LogP contribution in [-0.4, -0.2) is 12.5 Å². The minimum atomic E-state index is -0.729. The molecule has 5 rings (SSSR count). The Bertz CT molecular complexity index is 1440. The van der Waals surface area contributed by atoms with Crippen molar-refractivity contribution >= 4 is 22.6 Å². The number of rotatable bonds is 5. The van der Waals surface area contributed by atoms with E-state index >= 15 is 0 Å². The second-order valence-electron chi connectivity index (χ2n) is 7.90. The van der Waals surface area contributed by atoms with E-state index < -0.39 is 23.2 Å². The van der Waals surface area contributed by atoms with Gasteiger partial charge in [0.25, 0.3) is 5.91 Å². The highest BCUT2D eigenvalue weighted by molar-refractivity contribution is 6.10. The molecular weight excluding hydrogens is 421 g/mol. The van der Waals surface area contributed by atoms with Gasteiger partial charge in [-0.05, 0) is 55.0 Å². The fourth-order valence-corrected chi connectivity index (χ4v) is 4.13. The SMILES string of the molecule is C=CCOc1ccc(C2c3c(oc4ccc(F)cc4c3=O)C(=O)N2c2ccc(C)cc2)cc1. The molecule has 0 saturated heterocycles. The Hall–Kier alpha value is -4.19. The maximum atomic E-state index is 13.9. The van der Waals surface area contributed by atoms with Crippen molar-refractivity contribution in [3.8, 4) is 5.75 Å². The lowest BCUT2D eigenvalue weighted by Gasteiger charge is -2.25. The van der Waals surface area contributed by atoms with Gasteiger partial charge in [-0.3, -0.25) is 14.5 Å². The molecule has 1 aliphatic heterocycles. The summed E-state index contributed by atoms with van der Waals surface area (Å²) in [5.41, 5.74) is 2.31. The smallest absolute Gasteiger partial charge is 0.295 e.